The molecule has 0 bridgehead atoms. The molecule has 2 rings (SSSR count). The van der Waals surface area contributed by atoms with Crippen LogP contribution < -0.4 is 10.5 Å². The van der Waals surface area contributed by atoms with Crippen LogP contribution >= 0.6 is 0 Å². The highest BCUT2D eigenvalue weighted by atomic mass is 16.5. The van der Waals surface area contributed by atoms with Crippen LogP contribution in [0.25, 0.3) is 0 Å². The van der Waals surface area contributed by atoms with Crippen molar-refractivity contribution in [1.82, 2.24) is 0 Å². The zero-order valence-electron chi connectivity index (χ0n) is 10.6. The van der Waals surface area contributed by atoms with E-state index >= 15 is 0 Å². The monoisotopic (exact) mass is 252 g/mol. The van der Waals surface area contributed by atoms with Crippen LogP contribution in [-0.2, 0) is 6.61 Å². The summed E-state index contributed by atoms with van der Waals surface area (Å²) >= 11 is 0. The van der Waals surface area contributed by atoms with Gasteiger partial charge in [0, 0.05) is 6.04 Å². The summed E-state index contributed by atoms with van der Waals surface area (Å²) < 4.78 is 5.72. The van der Waals surface area contributed by atoms with Gasteiger partial charge in [-0.1, -0.05) is 42.5 Å². The second kappa shape index (κ2) is 6.58. The summed E-state index contributed by atoms with van der Waals surface area (Å²) in [4.78, 5) is 0. The summed E-state index contributed by atoms with van der Waals surface area (Å²) in [6.45, 7) is 0.526. The highest BCUT2D eigenvalue weighted by Crippen LogP contribution is 2.20. The molecule has 0 heterocycles. The van der Waals surface area contributed by atoms with Gasteiger partial charge in [-0.3, -0.25) is 0 Å². The number of nitriles is 1. The molecule has 0 radical (unpaired) electrons. The van der Waals surface area contributed by atoms with E-state index < -0.39 is 0 Å². The summed E-state index contributed by atoms with van der Waals surface area (Å²) in [5.41, 5.74) is 7.95. The van der Waals surface area contributed by atoms with Crippen molar-refractivity contribution in [3.05, 3.63) is 65.7 Å². The van der Waals surface area contributed by atoms with Gasteiger partial charge in [-0.2, -0.15) is 5.26 Å². The average Bonchev–Trinajstić information content (AvgIpc) is 2.47. The Bertz CT molecular complexity index is 560. The number of rotatable bonds is 5. The van der Waals surface area contributed by atoms with Crippen molar-refractivity contribution in [2.75, 3.05) is 0 Å². The first-order valence-electron chi connectivity index (χ1n) is 6.19. The molecule has 0 fully saturated rings. The second-order valence-electron chi connectivity index (χ2n) is 4.32. The van der Waals surface area contributed by atoms with Gasteiger partial charge in [0.1, 0.15) is 12.4 Å². The number of benzene rings is 2. The molecule has 2 aromatic carbocycles. The number of ether oxygens (including phenoxy) is 1. The molecule has 0 aromatic heterocycles. The van der Waals surface area contributed by atoms with E-state index in [-0.39, 0.29) is 6.04 Å². The van der Waals surface area contributed by atoms with Gasteiger partial charge in [-0.15, -0.1) is 0 Å². The van der Waals surface area contributed by atoms with Crippen molar-refractivity contribution < 1.29 is 4.74 Å². The van der Waals surface area contributed by atoms with Crippen molar-refractivity contribution in [2.45, 2.75) is 19.1 Å². The minimum Gasteiger partial charge on any atom is -0.489 e. The molecule has 0 unspecified atom stereocenters. The van der Waals surface area contributed by atoms with Crippen molar-refractivity contribution in [3.8, 4) is 11.8 Å². The molecule has 0 aliphatic carbocycles. The molecule has 0 aliphatic rings. The van der Waals surface area contributed by atoms with E-state index in [1.807, 2.05) is 54.6 Å². The van der Waals surface area contributed by atoms with Gasteiger partial charge >= 0.3 is 0 Å². The fourth-order valence-corrected chi connectivity index (χ4v) is 1.79. The number of hydrogen-bond donors (Lipinski definition) is 1. The van der Waals surface area contributed by atoms with E-state index in [1.165, 1.54) is 0 Å². The van der Waals surface area contributed by atoms with Gasteiger partial charge < -0.3 is 10.5 Å². The second-order valence-corrected chi connectivity index (χ2v) is 4.32. The van der Waals surface area contributed by atoms with Gasteiger partial charge in [-0.25, -0.2) is 0 Å². The standard InChI is InChI=1S/C16H16N2O/c17-10-9-16(18)14-7-4-8-15(11-14)19-12-13-5-2-1-3-6-13/h1-8,11,16H,9,12,18H2/t16-/m1/s1. The lowest BCUT2D eigenvalue weighted by atomic mass is 10.1. The summed E-state index contributed by atoms with van der Waals surface area (Å²) in [6.07, 6.45) is 0.308. The quantitative estimate of drug-likeness (QED) is 0.889. The SMILES string of the molecule is N#CC[C@@H](N)c1cccc(OCc2ccccc2)c1. The summed E-state index contributed by atoms with van der Waals surface area (Å²) in [6, 6.07) is 19.4. The Hall–Kier alpha value is -2.31. The third-order valence-corrected chi connectivity index (χ3v) is 2.85. The molecule has 2 aromatic rings. The van der Waals surface area contributed by atoms with Crippen LogP contribution in [0.5, 0.6) is 5.75 Å². The Kier molecular flexibility index (Phi) is 4.54. The topological polar surface area (TPSA) is 59.0 Å². The van der Waals surface area contributed by atoms with E-state index in [0.29, 0.717) is 13.0 Å². The van der Waals surface area contributed by atoms with Crippen LogP contribution in [0, 0.1) is 11.3 Å². The maximum Gasteiger partial charge on any atom is 0.120 e. The largest absolute Gasteiger partial charge is 0.489 e. The van der Waals surface area contributed by atoms with E-state index in [9.17, 15) is 0 Å². The van der Waals surface area contributed by atoms with Gasteiger partial charge in [0.05, 0.1) is 12.5 Å². The Labute approximate surface area is 113 Å². The van der Waals surface area contributed by atoms with Gasteiger partial charge in [0.2, 0.25) is 0 Å². The molecule has 0 saturated heterocycles. The smallest absolute Gasteiger partial charge is 0.120 e. The Morgan fingerprint density at radius 1 is 1.11 bits per heavy atom. The van der Waals surface area contributed by atoms with Crippen molar-refractivity contribution >= 4 is 0 Å². The Morgan fingerprint density at radius 3 is 2.63 bits per heavy atom. The molecule has 19 heavy (non-hydrogen) atoms. The molecular formula is C16H16N2O. The Morgan fingerprint density at radius 2 is 1.89 bits per heavy atom. The summed E-state index contributed by atoms with van der Waals surface area (Å²) in [5.74, 6) is 0.773. The van der Waals surface area contributed by atoms with Gasteiger partial charge in [0.15, 0.2) is 0 Å². The Balaban J connectivity index is 2.01. The molecule has 0 spiro atoms. The molecule has 0 aliphatic heterocycles. The third-order valence-electron chi connectivity index (χ3n) is 2.85. The van der Waals surface area contributed by atoms with Crippen LogP contribution in [0.15, 0.2) is 54.6 Å². The van der Waals surface area contributed by atoms with Gasteiger partial charge in [-0.05, 0) is 23.3 Å². The molecule has 96 valence electrons. The van der Waals surface area contributed by atoms with Crippen LogP contribution in [-0.4, -0.2) is 0 Å². The van der Waals surface area contributed by atoms with E-state index in [0.717, 1.165) is 16.9 Å². The highest BCUT2D eigenvalue weighted by Gasteiger charge is 2.06. The lowest BCUT2D eigenvalue weighted by Crippen LogP contribution is -2.09. The molecule has 1 atom stereocenters. The highest BCUT2D eigenvalue weighted by molar-refractivity contribution is 5.31. The molecule has 0 amide bonds. The lowest BCUT2D eigenvalue weighted by molar-refractivity contribution is 0.305. The van der Waals surface area contributed by atoms with Crippen molar-refractivity contribution in [1.29, 1.82) is 5.26 Å². The lowest BCUT2D eigenvalue weighted by Gasteiger charge is -2.11. The predicted molar refractivity (Wildman–Crippen MR) is 74.4 cm³/mol. The van der Waals surface area contributed by atoms with E-state index in [1.54, 1.807) is 0 Å². The summed E-state index contributed by atoms with van der Waals surface area (Å²) in [5, 5.41) is 8.66. The zero-order chi connectivity index (χ0) is 13.5. The third kappa shape index (κ3) is 3.84. The van der Waals surface area contributed by atoms with Crippen LogP contribution in [0.2, 0.25) is 0 Å². The molecule has 3 nitrogen and oxygen atoms in total. The van der Waals surface area contributed by atoms with Crippen molar-refractivity contribution in [3.63, 3.8) is 0 Å². The number of nitrogens with zero attached hydrogens (tertiary/aromatic N) is 1. The first-order chi connectivity index (χ1) is 9.29. The molecule has 2 N–H and O–H groups in total. The minimum atomic E-state index is -0.259. The fraction of sp³-hybridized carbons (Fsp3) is 0.188. The molecular weight excluding hydrogens is 236 g/mol. The first-order valence-corrected chi connectivity index (χ1v) is 6.19. The minimum absolute atomic E-state index is 0.259. The summed E-state index contributed by atoms with van der Waals surface area (Å²) in [7, 11) is 0. The zero-order valence-corrected chi connectivity index (χ0v) is 10.6. The normalized spacial score (nSPS) is 11.6. The van der Waals surface area contributed by atoms with Crippen LogP contribution in [0.3, 0.4) is 0 Å². The van der Waals surface area contributed by atoms with Crippen LogP contribution in [0.4, 0.5) is 0 Å². The maximum atomic E-state index is 8.66. The van der Waals surface area contributed by atoms with Gasteiger partial charge in [0.25, 0.3) is 0 Å². The fourth-order valence-electron chi connectivity index (χ4n) is 1.79. The van der Waals surface area contributed by atoms with Crippen LogP contribution in [0.1, 0.15) is 23.6 Å². The van der Waals surface area contributed by atoms with Crippen molar-refractivity contribution in [2.24, 2.45) is 5.73 Å². The first kappa shape index (κ1) is 13.1. The van der Waals surface area contributed by atoms with E-state index in [4.69, 9.17) is 15.7 Å². The maximum absolute atomic E-state index is 8.66. The predicted octanol–water partition coefficient (Wildman–Crippen LogP) is 3.18. The number of hydrogen-bond acceptors (Lipinski definition) is 3. The average molecular weight is 252 g/mol. The molecule has 0 saturated carbocycles. The number of nitrogens with two attached hydrogens (primary N) is 1. The van der Waals surface area contributed by atoms with E-state index in [2.05, 4.69) is 6.07 Å². The molecule has 3 heteroatoms.